The highest BCUT2D eigenvalue weighted by Gasteiger charge is 2.16. The first-order valence-corrected chi connectivity index (χ1v) is 6.82. The van der Waals surface area contributed by atoms with Crippen molar-refractivity contribution in [2.45, 2.75) is 5.75 Å². The van der Waals surface area contributed by atoms with Crippen molar-refractivity contribution in [3.63, 3.8) is 0 Å². The van der Waals surface area contributed by atoms with E-state index in [9.17, 15) is 8.42 Å². The van der Waals surface area contributed by atoms with Crippen molar-refractivity contribution in [3.8, 4) is 0 Å². The van der Waals surface area contributed by atoms with Gasteiger partial charge in [-0.05, 0) is 15.9 Å². The quantitative estimate of drug-likeness (QED) is 0.908. The summed E-state index contributed by atoms with van der Waals surface area (Å²) in [6.45, 7) is 0. The predicted octanol–water partition coefficient (Wildman–Crippen LogP) is 1.44. The molecular formula is C6H5BrN2O3S2. The Hall–Kier alpha value is -0.440. The van der Waals surface area contributed by atoms with E-state index in [1.807, 2.05) is 0 Å². The van der Waals surface area contributed by atoms with Crippen LogP contribution in [0, 0.1) is 0 Å². The van der Waals surface area contributed by atoms with Crippen LogP contribution in [0.25, 0.3) is 10.3 Å². The number of rotatable bonds is 2. The van der Waals surface area contributed by atoms with Crippen LogP contribution in [0.1, 0.15) is 5.69 Å². The minimum Gasteiger partial charge on any atom is -0.355 e. The highest BCUT2D eigenvalue weighted by atomic mass is 79.9. The van der Waals surface area contributed by atoms with Gasteiger partial charge in [-0.3, -0.25) is 0 Å². The van der Waals surface area contributed by atoms with Gasteiger partial charge < -0.3 is 4.52 Å². The van der Waals surface area contributed by atoms with Gasteiger partial charge in [-0.2, -0.15) is 0 Å². The molecule has 0 radical (unpaired) electrons. The first kappa shape index (κ1) is 10.1. The lowest BCUT2D eigenvalue weighted by atomic mass is 10.4. The molecule has 0 amide bonds. The van der Waals surface area contributed by atoms with Gasteiger partial charge in [0.2, 0.25) is 10.0 Å². The molecule has 0 atom stereocenters. The highest BCUT2D eigenvalue weighted by molar-refractivity contribution is 9.11. The van der Waals surface area contributed by atoms with E-state index in [2.05, 4.69) is 21.1 Å². The summed E-state index contributed by atoms with van der Waals surface area (Å²) in [6, 6.07) is 1.74. The monoisotopic (exact) mass is 296 g/mol. The second-order valence-corrected chi connectivity index (χ2v) is 6.73. The van der Waals surface area contributed by atoms with Gasteiger partial charge in [-0.1, -0.05) is 5.16 Å². The van der Waals surface area contributed by atoms with E-state index >= 15 is 0 Å². The Bertz CT molecular complexity index is 571. The Morgan fingerprint density at radius 2 is 2.36 bits per heavy atom. The molecule has 0 aromatic carbocycles. The van der Waals surface area contributed by atoms with E-state index in [4.69, 9.17) is 9.66 Å². The van der Waals surface area contributed by atoms with Crippen molar-refractivity contribution in [2.75, 3.05) is 0 Å². The normalized spacial score (nSPS) is 12.4. The number of hydrogen-bond acceptors (Lipinski definition) is 5. The number of primary sulfonamides is 1. The molecule has 2 aromatic heterocycles. The van der Waals surface area contributed by atoms with Gasteiger partial charge in [0.25, 0.3) is 0 Å². The Balaban J connectivity index is 2.52. The average molecular weight is 297 g/mol. The molecule has 2 aromatic rings. The minimum absolute atomic E-state index is 0.299. The highest BCUT2D eigenvalue weighted by Crippen LogP contribution is 2.32. The fourth-order valence-corrected chi connectivity index (χ4v) is 3.19. The van der Waals surface area contributed by atoms with Gasteiger partial charge in [0.1, 0.15) is 11.4 Å². The maximum atomic E-state index is 10.8. The van der Waals surface area contributed by atoms with Crippen LogP contribution >= 0.6 is 27.3 Å². The summed E-state index contributed by atoms with van der Waals surface area (Å²) in [4.78, 5) is 0. The Morgan fingerprint density at radius 3 is 3.00 bits per heavy atom. The molecule has 0 fully saturated rings. The lowest BCUT2D eigenvalue weighted by molar-refractivity contribution is 0.448. The van der Waals surface area contributed by atoms with Crippen molar-refractivity contribution >= 4 is 47.6 Å². The molecule has 0 aliphatic carbocycles. The SMILES string of the molecule is NS(=O)(=O)Cc1noc2cc(Br)sc12. The number of aromatic nitrogens is 1. The summed E-state index contributed by atoms with van der Waals surface area (Å²) in [5.41, 5.74) is 0.929. The van der Waals surface area contributed by atoms with Crippen LogP contribution in [-0.4, -0.2) is 13.6 Å². The average Bonchev–Trinajstić information content (AvgIpc) is 2.49. The van der Waals surface area contributed by atoms with Gasteiger partial charge in [-0.15, -0.1) is 11.3 Å². The van der Waals surface area contributed by atoms with E-state index in [0.717, 1.165) is 3.79 Å². The summed E-state index contributed by atoms with van der Waals surface area (Å²) in [5, 5.41) is 8.55. The topological polar surface area (TPSA) is 86.2 Å². The van der Waals surface area contributed by atoms with Crippen molar-refractivity contribution in [3.05, 3.63) is 15.5 Å². The van der Waals surface area contributed by atoms with Crippen molar-refractivity contribution in [2.24, 2.45) is 5.14 Å². The molecule has 0 aliphatic rings. The number of thiophene rings is 1. The predicted molar refractivity (Wildman–Crippen MR) is 56.4 cm³/mol. The zero-order chi connectivity index (χ0) is 10.3. The zero-order valence-electron chi connectivity index (χ0n) is 6.73. The van der Waals surface area contributed by atoms with Crippen molar-refractivity contribution in [1.29, 1.82) is 0 Å². The van der Waals surface area contributed by atoms with Crippen LogP contribution in [0.15, 0.2) is 14.4 Å². The Labute approximate surface area is 92.1 Å². The number of hydrogen-bond donors (Lipinski definition) is 1. The lowest BCUT2D eigenvalue weighted by Gasteiger charge is -1.90. The fraction of sp³-hybridized carbons (Fsp3) is 0.167. The maximum absolute atomic E-state index is 10.8. The third-order valence-corrected chi connectivity index (χ3v) is 3.87. The molecule has 0 spiro atoms. The molecule has 2 rings (SSSR count). The van der Waals surface area contributed by atoms with Crippen LogP contribution < -0.4 is 5.14 Å². The maximum Gasteiger partial charge on any atom is 0.215 e. The molecule has 8 heteroatoms. The minimum atomic E-state index is -3.56. The van der Waals surface area contributed by atoms with Crippen molar-refractivity contribution < 1.29 is 12.9 Å². The smallest absolute Gasteiger partial charge is 0.215 e. The summed E-state index contributed by atoms with van der Waals surface area (Å²) in [7, 11) is -3.56. The second kappa shape index (κ2) is 3.30. The van der Waals surface area contributed by atoms with E-state index in [0.29, 0.717) is 16.0 Å². The van der Waals surface area contributed by atoms with Gasteiger partial charge in [0.05, 0.1) is 8.49 Å². The lowest BCUT2D eigenvalue weighted by Crippen LogP contribution is -2.14. The third-order valence-electron chi connectivity index (χ3n) is 1.52. The van der Waals surface area contributed by atoms with Crippen LogP contribution in [0.4, 0.5) is 0 Å². The third kappa shape index (κ3) is 1.97. The van der Waals surface area contributed by atoms with Gasteiger partial charge in [0.15, 0.2) is 5.58 Å². The molecule has 5 nitrogen and oxygen atoms in total. The molecule has 0 saturated carbocycles. The van der Waals surface area contributed by atoms with Gasteiger partial charge >= 0.3 is 0 Å². The van der Waals surface area contributed by atoms with E-state index in [-0.39, 0.29) is 5.75 Å². The summed E-state index contributed by atoms with van der Waals surface area (Å²) >= 11 is 4.63. The zero-order valence-corrected chi connectivity index (χ0v) is 9.95. The molecular weight excluding hydrogens is 292 g/mol. The Kier molecular flexibility index (Phi) is 2.38. The molecule has 14 heavy (non-hydrogen) atoms. The molecule has 2 heterocycles. The van der Waals surface area contributed by atoms with Crippen LogP contribution in [-0.2, 0) is 15.8 Å². The number of nitrogens with zero attached hydrogens (tertiary/aromatic N) is 1. The molecule has 0 aliphatic heterocycles. The van der Waals surface area contributed by atoms with E-state index in [1.54, 1.807) is 6.07 Å². The molecule has 0 unspecified atom stereocenters. The number of halogens is 1. The van der Waals surface area contributed by atoms with Crippen LogP contribution in [0.3, 0.4) is 0 Å². The second-order valence-electron chi connectivity index (χ2n) is 2.68. The van der Waals surface area contributed by atoms with Crippen LogP contribution in [0.5, 0.6) is 0 Å². The number of sulfonamides is 1. The van der Waals surface area contributed by atoms with E-state index < -0.39 is 10.0 Å². The first-order chi connectivity index (χ1) is 6.46. The van der Waals surface area contributed by atoms with Gasteiger partial charge in [-0.25, -0.2) is 13.6 Å². The number of nitrogens with two attached hydrogens (primary N) is 1. The number of fused-ring (bicyclic) bond motifs is 1. The molecule has 0 bridgehead atoms. The summed E-state index contributed by atoms with van der Waals surface area (Å²) < 4.78 is 28.2. The summed E-state index contributed by atoms with van der Waals surface area (Å²) in [6.07, 6.45) is 0. The first-order valence-electron chi connectivity index (χ1n) is 3.50. The largest absolute Gasteiger partial charge is 0.355 e. The molecule has 76 valence electrons. The molecule has 2 N–H and O–H groups in total. The van der Waals surface area contributed by atoms with E-state index in [1.165, 1.54) is 11.3 Å². The summed E-state index contributed by atoms with van der Waals surface area (Å²) in [5.74, 6) is -0.299. The fourth-order valence-electron chi connectivity index (χ4n) is 1.04. The van der Waals surface area contributed by atoms with Crippen molar-refractivity contribution in [1.82, 2.24) is 5.16 Å². The van der Waals surface area contributed by atoms with Gasteiger partial charge in [0, 0.05) is 6.07 Å². The standard InChI is InChI=1S/C6H5BrN2O3S2/c7-5-1-4-6(13-5)3(9-12-4)2-14(8,10)11/h1H,2H2,(H2,8,10,11). The van der Waals surface area contributed by atoms with Crippen LogP contribution in [0.2, 0.25) is 0 Å². The molecule has 0 saturated heterocycles. The Morgan fingerprint density at radius 1 is 1.64 bits per heavy atom.